The van der Waals surface area contributed by atoms with Gasteiger partial charge >= 0.3 is 0 Å². The van der Waals surface area contributed by atoms with E-state index in [1.807, 2.05) is 41.1 Å². The highest BCUT2D eigenvalue weighted by molar-refractivity contribution is 6.22. The van der Waals surface area contributed by atoms with E-state index in [9.17, 15) is 4.79 Å². The lowest BCUT2D eigenvalue weighted by atomic mass is 10.1. The molecule has 1 atom stereocenters. The van der Waals surface area contributed by atoms with Crippen LogP contribution in [0.15, 0.2) is 42.9 Å². The average Bonchev–Trinajstić information content (AvgIpc) is 3.14. The number of ketones is 1. The Labute approximate surface area is 129 Å². The molecule has 2 aromatic rings. The predicted molar refractivity (Wildman–Crippen MR) is 82.7 cm³/mol. The van der Waals surface area contributed by atoms with E-state index in [0.717, 1.165) is 11.3 Å². The van der Waals surface area contributed by atoms with Gasteiger partial charge in [-0.3, -0.25) is 4.79 Å². The minimum atomic E-state index is -0.130. The van der Waals surface area contributed by atoms with E-state index in [1.165, 1.54) is 0 Å². The largest absolute Gasteiger partial charge is 0.497 e. The van der Waals surface area contributed by atoms with Crippen LogP contribution in [0, 0.1) is 0 Å². The number of rotatable bonds is 5. The second-order valence-corrected chi connectivity index (χ2v) is 5.26. The highest BCUT2D eigenvalue weighted by atomic mass is 16.5. The highest BCUT2D eigenvalue weighted by Gasteiger charge is 2.26. The van der Waals surface area contributed by atoms with Gasteiger partial charge in [-0.25, -0.2) is 4.98 Å². The summed E-state index contributed by atoms with van der Waals surface area (Å²) in [5.41, 5.74) is 2.50. The molecule has 1 aliphatic carbocycles. The van der Waals surface area contributed by atoms with Gasteiger partial charge in [0.25, 0.3) is 0 Å². The first kappa shape index (κ1) is 14.5. The van der Waals surface area contributed by atoms with Gasteiger partial charge in [-0.2, -0.15) is 0 Å². The molecule has 1 aromatic carbocycles. The number of hydrogen-bond acceptors (Lipinski definition) is 4. The van der Waals surface area contributed by atoms with Crippen molar-refractivity contribution in [2.24, 2.45) is 0 Å². The first-order valence-electron chi connectivity index (χ1n) is 7.12. The summed E-state index contributed by atoms with van der Waals surface area (Å²) < 4.78 is 12.3. The van der Waals surface area contributed by atoms with Crippen molar-refractivity contribution in [2.75, 3.05) is 14.2 Å². The lowest BCUT2D eigenvalue weighted by molar-refractivity contribution is -0.114. The van der Waals surface area contributed by atoms with Crippen LogP contribution in [0.4, 0.5) is 0 Å². The van der Waals surface area contributed by atoms with Crippen LogP contribution in [-0.4, -0.2) is 35.7 Å². The molecular formula is C17H18N2O3. The summed E-state index contributed by atoms with van der Waals surface area (Å²) in [6.07, 6.45) is 5.76. The van der Waals surface area contributed by atoms with Crippen molar-refractivity contribution in [1.82, 2.24) is 9.55 Å². The van der Waals surface area contributed by atoms with E-state index in [2.05, 4.69) is 4.98 Å². The number of aromatic nitrogens is 2. The van der Waals surface area contributed by atoms with Gasteiger partial charge in [0.2, 0.25) is 0 Å². The van der Waals surface area contributed by atoms with Crippen LogP contribution in [0.3, 0.4) is 0 Å². The summed E-state index contributed by atoms with van der Waals surface area (Å²) in [5, 5.41) is 0. The molecule has 0 fully saturated rings. The maximum Gasteiger partial charge on any atom is 0.167 e. The van der Waals surface area contributed by atoms with Gasteiger partial charge in [-0.05, 0) is 23.8 Å². The van der Waals surface area contributed by atoms with Gasteiger partial charge in [0.1, 0.15) is 5.75 Å². The number of benzene rings is 1. The molecule has 1 unspecified atom stereocenters. The van der Waals surface area contributed by atoms with Gasteiger partial charge in [-0.15, -0.1) is 0 Å². The molecule has 0 aliphatic heterocycles. The number of Topliss-reactive ketones (excluding diaryl/α,β-unsaturated/α-hetero) is 1. The van der Waals surface area contributed by atoms with Crippen LogP contribution in [0.25, 0.3) is 5.57 Å². The Morgan fingerprint density at radius 3 is 2.68 bits per heavy atom. The van der Waals surface area contributed by atoms with Crippen molar-refractivity contribution in [3.63, 3.8) is 0 Å². The molecule has 0 saturated carbocycles. The van der Waals surface area contributed by atoms with Crippen molar-refractivity contribution in [1.29, 1.82) is 0 Å². The monoisotopic (exact) mass is 298 g/mol. The molecular weight excluding hydrogens is 280 g/mol. The smallest absolute Gasteiger partial charge is 0.167 e. The van der Waals surface area contributed by atoms with Crippen LogP contribution in [0.1, 0.15) is 17.7 Å². The van der Waals surface area contributed by atoms with Gasteiger partial charge in [-0.1, -0.05) is 12.1 Å². The van der Waals surface area contributed by atoms with Gasteiger partial charge in [0, 0.05) is 31.8 Å². The maximum atomic E-state index is 12.0. The first-order chi connectivity index (χ1) is 10.7. The van der Waals surface area contributed by atoms with Crippen molar-refractivity contribution in [3.05, 3.63) is 54.1 Å². The normalized spacial score (nSPS) is 17.6. The summed E-state index contributed by atoms with van der Waals surface area (Å²) >= 11 is 0. The topological polar surface area (TPSA) is 53.4 Å². The summed E-state index contributed by atoms with van der Waals surface area (Å²) in [7, 11) is 3.26. The second kappa shape index (κ2) is 6.15. The number of hydrogen-bond donors (Lipinski definition) is 0. The van der Waals surface area contributed by atoms with Crippen molar-refractivity contribution >= 4 is 11.4 Å². The number of allylic oxidation sites excluding steroid dienone is 1. The fourth-order valence-corrected chi connectivity index (χ4v) is 2.54. The third-order valence-electron chi connectivity index (χ3n) is 3.78. The Morgan fingerprint density at radius 2 is 2.05 bits per heavy atom. The summed E-state index contributed by atoms with van der Waals surface area (Å²) in [4.78, 5) is 16.3. The zero-order chi connectivity index (χ0) is 15.5. The second-order valence-electron chi connectivity index (χ2n) is 5.26. The van der Waals surface area contributed by atoms with E-state index >= 15 is 0 Å². The molecule has 0 radical (unpaired) electrons. The SMILES string of the molecule is COc1ccc(Cn2cnc(C3=CC(OC)CC3=O)c2)cc1. The molecule has 0 amide bonds. The molecule has 0 saturated heterocycles. The Morgan fingerprint density at radius 1 is 1.27 bits per heavy atom. The van der Waals surface area contributed by atoms with Crippen LogP contribution < -0.4 is 4.74 Å². The van der Waals surface area contributed by atoms with Crippen LogP contribution >= 0.6 is 0 Å². The molecule has 1 heterocycles. The molecule has 0 spiro atoms. The molecule has 22 heavy (non-hydrogen) atoms. The molecule has 3 rings (SSSR count). The molecule has 114 valence electrons. The van der Waals surface area contributed by atoms with Gasteiger partial charge in [0.05, 0.1) is 25.2 Å². The summed E-state index contributed by atoms with van der Waals surface area (Å²) in [6, 6.07) is 7.89. The molecule has 5 heteroatoms. The van der Waals surface area contributed by atoms with Crippen molar-refractivity contribution in [2.45, 2.75) is 19.1 Å². The highest BCUT2D eigenvalue weighted by Crippen LogP contribution is 2.25. The zero-order valence-electron chi connectivity index (χ0n) is 12.7. The Kier molecular flexibility index (Phi) is 4.06. The van der Waals surface area contributed by atoms with Crippen molar-refractivity contribution < 1.29 is 14.3 Å². The van der Waals surface area contributed by atoms with E-state index in [0.29, 0.717) is 24.2 Å². The standard InChI is InChI=1S/C17H18N2O3/c1-21-13-5-3-12(4-6-13)9-19-10-16(18-11-19)15-7-14(22-2)8-17(15)20/h3-7,10-11,14H,8-9H2,1-2H3. The number of nitrogens with zero attached hydrogens (tertiary/aromatic N) is 2. The van der Waals surface area contributed by atoms with Crippen molar-refractivity contribution in [3.8, 4) is 5.75 Å². The number of carbonyl (C=O) groups excluding carboxylic acids is 1. The fraction of sp³-hybridized carbons (Fsp3) is 0.294. The van der Waals surface area contributed by atoms with E-state index in [-0.39, 0.29) is 11.9 Å². The minimum absolute atomic E-state index is 0.0848. The Bertz CT molecular complexity index is 701. The van der Waals surface area contributed by atoms with Crippen LogP contribution in [0.2, 0.25) is 0 Å². The van der Waals surface area contributed by atoms with Crippen LogP contribution in [-0.2, 0) is 16.1 Å². The van der Waals surface area contributed by atoms with E-state index < -0.39 is 0 Å². The summed E-state index contributed by atoms with van der Waals surface area (Å²) in [6.45, 7) is 0.701. The summed E-state index contributed by atoms with van der Waals surface area (Å²) in [5.74, 6) is 0.920. The minimum Gasteiger partial charge on any atom is -0.497 e. The van der Waals surface area contributed by atoms with Gasteiger partial charge in [0.15, 0.2) is 5.78 Å². The number of ether oxygens (including phenoxy) is 2. The molecule has 5 nitrogen and oxygen atoms in total. The number of methoxy groups -OCH3 is 2. The van der Waals surface area contributed by atoms with Gasteiger partial charge < -0.3 is 14.0 Å². The van der Waals surface area contributed by atoms with Crippen LogP contribution in [0.5, 0.6) is 5.75 Å². The quantitative estimate of drug-likeness (QED) is 0.850. The zero-order valence-corrected chi connectivity index (χ0v) is 12.7. The molecule has 0 bridgehead atoms. The molecule has 1 aromatic heterocycles. The molecule has 1 aliphatic rings. The first-order valence-corrected chi connectivity index (χ1v) is 7.12. The third kappa shape index (κ3) is 2.94. The fourth-order valence-electron chi connectivity index (χ4n) is 2.54. The Hall–Kier alpha value is -2.40. The number of imidazole rings is 1. The number of carbonyl (C=O) groups is 1. The predicted octanol–water partition coefficient (Wildman–Crippen LogP) is 2.31. The van der Waals surface area contributed by atoms with E-state index in [4.69, 9.17) is 9.47 Å². The van der Waals surface area contributed by atoms with E-state index in [1.54, 1.807) is 20.5 Å². The average molecular weight is 298 g/mol. The lowest BCUT2D eigenvalue weighted by Gasteiger charge is -2.04. The Balaban J connectivity index is 1.75. The lowest BCUT2D eigenvalue weighted by Crippen LogP contribution is -2.05. The third-order valence-corrected chi connectivity index (χ3v) is 3.78. The molecule has 0 N–H and O–H groups in total. The maximum absolute atomic E-state index is 12.0.